The minimum Gasteiger partial charge on any atom is -0.454 e. The maximum absolute atomic E-state index is 13.2. The number of benzene rings is 1. The monoisotopic (exact) mass is 419 g/mol. The molecule has 3 aromatic rings. The van der Waals surface area contributed by atoms with Crippen molar-refractivity contribution in [2.24, 2.45) is 0 Å². The molecule has 0 aliphatic carbocycles. The number of amides is 1. The van der Waals surface area contributed by atoms with Crippen molar-refractivity contribution in [1.82, 2.24) is 9.88 Å². The lowest BCUT2D eigenvalue weighted by Gasteiger charge is -2.25. The van der Waals surface area contributed by atoms with Gasteiger partial charge in [-0.1, -0.05) is 6.07 Å². The lowest BCUT2D eigenvalue weighted by molar-refractivity contribution is 0.0985. The fourth-order valence-electron chi connectivity index (χ4n) is 4.92. The Hall–Kier alpha value is -2.90. The molecule has 1 aromatic carbocycles. The second-order valence-electron chi connectivity index (χ2n) is 8.20. The van der Waals surface area contributed by atoms with Crippen LogP contribution >= 0.6 is 11.3 Å². The van der Waals surface area contributed by atoms with Crippen LogP contribution in [0.15, 0.2) is 53.4 Å². The number of nitrogens with zero attached hydrogens (tertiary/aromatic N) is 3. The fraction of sp³-hybridized carbons (Fsp3) is 0.304. The highest BCUT2D eigenvalue weighted by Gasteiger charge is 2.50. The Labute approximate surface area is 178 Å². The Balaban J connectivity index is 1.26. The van der Waals surface area contributed by atoms with E-state index in [1.54, 1.807) is 11.3 Å². The van der Waals surface area contributed by atoms with E-state index in [-0.39, 0.29) is 11.3 Å². The van der Waals surface area contributed by atoms with E-state index in [4.69, 9.17) is 14.5 Å². The van der Waals surface area contributed by atoms with Crippen molar-refractivity contribution in [2.75, 3.05) is 31.3 Å². The molecule has 30 heavy (non-hydrogen) atoms. The van der Waals surface area contributed by atoms with Crippen molar-refractivity contribution < 1.29 is 14.3 Å². The van der Waals surface area contributed by atoms with Crippen molar-refractivity contribution in [2.45, 2.75) is 18.4 Å². The molecule has 1 amide bonds. The topological polar surface area (TPSA) is 54.9 Å². The van der Waals surface area contributed by atoms with Crippen LogP contribution in [0, 0.1) is 0 Å². The number of hydrogen-bond acceptors (Lipinski definition) is 6. The first-order chi connectivity index (χ1) is 14.7. The average molecular weight is 420 g/mol. The second-order valence-corrected chi connectivity index (χ2v) is 8.98. The highest BCUT2D eigenvalue weighted by molar-refractivity contribution is 7.08. The van der Waals surface area contributed by atoms with E-state index >= 15 is 0 Å². The molecule has 3 aliphatic rings. The van der Waals surface area contributed by atoms with Gasteiger partial charge < -0.3 is 14.4 Å². The predicted octanol–water partition coefficient (Wildman–Crippen LogP) is 3.68. The molecule has 152 valence electrons. The molecule has 6 rings (SSSR count). The first-order valence-corrected chi connectivity index (χ1v) is 11.1. The molecule has 1 saturated heterocycles. The minimum absolute atomic E-state index is 0.0663. The zero-order valence-electron chi connectivity index (χ0n) is 16.4. The molecule has 1 fully saturated rings. The van der Waals surface area contributed by atoms with Crippen LogP contribution in [0.5, 0.6) is 11.5 Å². The molecule has 0 bridgehead atoms. The minimum atomic E-state index is -0.112. The van der Waals surface area contributed by atoms with Gasteiger partial charge in [-0.25, -0.2) is 0 Å². The average Bonchev–Trinajstić information content (AvgIpc) is 3.56. The van der Waals surface area contributed by atoms with Crippen LogP contribution in [0.25, 0.3) is 0 Å². The summed E-state index contributed by atoms with van der Waals surface area (Å²) >= 11 is 1.55. The van der Waals surface area contributed by atoms with E-state index in [2.05, 4.69) is 17.0 Å². The van der Waals surface area contributed by atoms with Gasteiger partial charge in [0.15, 0.2) is 11.5 Å². The molecule has 0 radical (unpaired) electrons. The lowest BCUT2D eigenvalue weighted by Crippen LogP contribution is -2.39. The number of carbonyl (C=O) groups excluding carboxylic acids is 1. The molecule has 5 heterocycles. The summed E-state index contributed by atoms with van der Waals surface area (Å²) in [5.74, 6) is 1.70. The zero-order valence-corrected chi connectivity index (χ0v) is 17.2. The van der Waals surface area contributed by atoms with Crippen molar-refractivity contribution in [1.29, 1.82) is 0 Å². The van der Waals surface area contributed by atoms with Crippen molar-refractivity contribution >= 4 is 22.9 Å². The summed E-state index contributed by atoms with van der Waals surface area (Å²) in [5.41, 5.74) is 3.86. The van der Waals surface area contributed by atoms with E-state index in [1.165, 1.54) is 5.56 Å². The van der Waals surface area contributed by atoms with Crippen LogP contribution in [0.3, 0.4) is 0 Å². The van der Waals surface area contributed by atoms with E-state index in [0.29, 0.717) is 13.3 Å². The Kier molecular flexibility index (Phi) is 4.07. The number of aromatic nitrogens is 1. The SMILES string of the molecule is O=C(c1ccsc1)N1C[C@@]2(CCN(Cc3ccc4c(c3)OCO4)C2)c2ncccc21. The summed E-state index contributed by atoms with van der Waals surface area (Å²) in [6.45, 7) is 3.69. The highest BCUT2D eigenvalue weighted by atomic mass is 32.1. The van der Waals surface area contributed by atoms with Gasteiger partial charge in [0.1, 0.15) is 0 Å². The summed E-state index contributed by atoms with van der Waals surface area (Å²) in [6.07, 6.45) is 2.84. The van der Waals surface area contributed by atoms with E-state index < -0.39 is 0 Å². The lowest BCUT2D eigenvalue weighted by atomic mass is 9.85. The number of carbonyl (C=O) groups is 1. The smallest absolute Gasteiger partial charge is 0.259 e. The van der Waals surface area contributed by atoms with Crippen LogP contribution in [-0.2, 0) is 12.0 Å². The van der Waals surface area contributed by atoms with E-state index in [1.807, 2.05) is 46.1 Å². The summed E-state index contributed by atoms with van der Waals surface area (Å²) in [7, 11) is 0. The summed E-state index contributed by atoms with van der Waals surface area (Å²) in [6, 6.07) is 12.0. The van der Waals surface area contributed by atoms with Gasteiger partial charge in [-0.05, 0) is 54.2 Å². The second kappa shape index (κ2) is 6.82. The number of thiophene rings is 1. The van der Waals surface area contributed by atoms with E-state index in [9.17, 15) is 4.79 Å². The Morgan fingerprint density at radius 2 is 2.10 bits per heavy atom. The first-order valence-electron chi connectivity index (χ1n) is 10.1. The quantitative estimate of drug-likeness (QED) is 0.648. The third-order valence-electron chi connectivity index (χ3n) is 6.33. The van der Waals surface area contributed by atoms with Crippen molar-refractivity contribution in [3.8, 4) is 11.5 Å². The zero-order chi connectivity index (χ0) is 20.1. The molecule has 0 saturated carbocycles. The highest BCUT2D eigenvalue weighted by Crippen LogP contribution is 2.46. The van der Waals surface area contributed by atoms with Gasteiger partial charge in [0.2, 0.25) is 6.79 Å². The molecule has 7 heteroatoms. The fourth-order valence-corrected chi connectivity index (χ4v) is 5.55. The van der Waals surface area contributed by atoms with Crippen molar-refractivity contribution in [3.05, 3.63) is 70.2 Å². The van der Waals surface area contributed by atoms with Crippen LogP contribution in [0.4, 0.5) is 5.69 Å². The van der Waals surface area contributed by atoms with Crippen LogP contribution in [-0.4, -0.2) is 42.2 Å². The third-order valence-corrected chi connectivity index (χ3v) is 7.01. The Morgan fingerprint density at radius 3 is 3.00 bits per heavy atom. The van der Waals surface area contributed by atoms with Crippen molar-refractivity contribution in [3.63, 3.8) is 0 Å². The summed E-state index contributed by atoms with van der Waals surface area (Å²) in [4.78, 5) is 22.3. The summed E-state index contributed by atoms with van der Waals surface area (Å²) < 4.78 is 10.9. The molecule has 1 atom stereocenters. The normalized spacial score (nSPS) is 22.1. The standard InChI is InChI=1S/C23H21N3O3S/c27-22(17-5-9-30-12-17)26-14-23(21-18(26)2-1-7-24-21)6-8-25(13-23)11-16-3-4-19-20(10-16)29-15-28-19/h1-5,7,9-10,12H,6,8,11,13-15H2/t23-/m0/s1. The number of fused-ring (bicyclic) bond motifs is 3. The van der Waals surface area contributed by atoms with Gasteiger partial charge in [-0.15, -0.1) is 0 Å². The molecule has 1 spiro atoms. The van der Waals surface area contributed by atoms with Gasteiger partial charge in [-0.2, -0.15) is 11.3 Å². The molecule has 2 aromatic heterocycles. The maximum atomic E-state index is 13.2. The van der Waals surface area contributed by atoms with Gasteiger partial charge in [0.05, 0.1) is 16.9 Å². The number of rotatable bonds is 3. The number of likely N-dealkylation sites (tertiary alicyclic amines) is 1. The van der Waals surface area contributed by atoms with Crippen LogP contribution in [0.1, 0.15) is 28.0 Å². The number of anilines is 1. The number of ether oxygens (including phenoxy) is 2. The first kappa shape index (κ1) is 17.9. The molecule has 6 nitrogen and oxygen atoms in total. The largest absolute Gasteiger partial charge is 0.454 e. The van der Waals surface area contributed by atoms with Gasteiger partial charge in [0, 0.05) is 36.6 Å². The Morgan fingerprint density at radius 1 is 1.17 bits per heavy atom. The predicted molar refractivity (Wildman–Crippen MR) is 114 cm³/mol. The molecule has 0 N–H and O–H groups in total. The van der Waals surface area contributed by atoms with Gasteiger partial charge >= 0.3 is 0 Å². The number of pyridine rings is 1. The maximum Gasteiger partial charge on any atom is 0.259 e. The van der Waals surface area contributed by atoms with E-state index in [0.717, 1.165) is 54.5 Å². The summed E-state index contributed by atoms with van der Waals surface area (Å²) in [5, 5.41) is 3.87. The van der Waals surface area contributed by atoms with Crippen LogP contribution < -0.4 is 14.4 Å². The van der Waals surface area contributed by atoms with Gasteiger partial charge in [0.25, 0.3) is 5.91 Å². The molecular formula is C23H21N3O3S. The van der Waals surface area contributed by atoms with Crippen LogP contribution in [0.2, 0.25) is 0 Å². The Bertz CT molecular complexity index is 1120. The molecular weight excluding hydrogens is 398 g/mol. The van der Waals surface area contributed by atoms with Gasteiger partial charge in [-0.3, -0.25) is 14.7 Å². The number of hydrogen-bond donors (Lipinski definition) is 0. The molecule has 3 aliphatic heterocycles. The molecule has 0 unspecified atom stereocenters. The third kappa shape index (κ3) is 2.80.